The molecule has 6 heteroatoms. The van der Waals surface area contributed by atoms with E-state index in [1.807, 2.05) is 0 Å². The molecule has 0 aliphatic carbocycles. The van der Waals surface area contributed by atoms with Crippen molar-refractivity contribution in [2.24, 2.45) is 0 Å². The van der Waals surface area contributed by atoms with Crippen LogP contribution < -0.4 is 29.6 Å². The van der Waals surface area contributed by atoms with E-state index >= 15 is 0 Å². The van der Waals surface area contributed by atoms with Crippen molar-refractivity contribution in [3.63, 3.8) is 0 Å². The van der Waals surface area contributed by atoms with Crippen LogP contribution in [0.3, 0.4) is 0 Å². The monoisotopic (exact) mass is 140 g/mol. The standard InChI is InChI=1S/C3H3NO4.Na/c5-2-1-3(6)4(7)8;/h2H,1H2;/q;+1. The van der Waals surface area contributed by atoms with E-state index in [2.05, 4.69) is 0 Å². The van der Waals surface area contributed by atoms with Gasteiger partial charge >= 0.3 is 35.5 Å². The molecule has 0 N–H and O–H groups in total. The third kappa shape index (κ3) is 5.61. The van der Waals surface area contributed by atoms with E-state index in [0.29, 0.717) is 0 Å². The minimum absolute atomic E-state index is 0. The first kappa shape index (κ1) is 11.5. The van der Waals surface area contributed by atoms with Gasteiger partial charge in [-0.3, -0.25) is 10.1 Å². The van der Waals surface area contributed by atoms with Gasteiger partial charge < -0.3 is 4.79 Å². The SMILES string of the molecule is O=CCC(=O)[N+](=O)[O-].[Na+]. The smallest absolute Gasteiger partial charge is 0.303 e. The Morgan fingerprint density at radius 3 is 2.22 bits per heavy atom. The predicted octanol–water partition coefficient (Wildman–Crippen LogP) is -3.62. The van der Waals surface area contributed by atoms with Crippen molar-refractivity contribution in [3.8, 4) is 0 Å². The summed E-state index contributed by atoms with van der Waals surface area (Å²) in [5.74, 6) is -1.26. The van der Waals surface area contributed by atoms with Gasteiger partial charge in [0.05, 0.1) is 0 Å². The van der Waals surface area contributed by atoms with Gasteiger partial charge in [-0.1, -0.05) is 0 Å². The molecule has 9 heavy (non-hydrogen) atoms. The molecule has 0 unspecified atom stereocenters. The zero-order valence-electron chi connectivity index (χ0n) is 4.86. The second-order valence-electron chi connectivity index (χ2n) is 1.02. The summed E-state index contributed by atoms with van der Waals surface area (Å²) in [6.07, 6.45) is -0.432. The van der Waals surface area contributed by atoms with Crippen LogP contribution in [0, 0.1) is 10.1 Å². The first-order valence-electron chi connectivity index (χ1n) is 1.79. The topological polar surface area (TPSA) is 77.3 Å². The summed E-state index contributed by atoms with van der Waals surface area (Å²) >= 11 is 0. The molecule has 44 valence electrons. The minimum Gasteiger partial charge on any atom is -0.303 e. The summed E-state index contributed by atoms with van der Waals surface area (Å²) in [5, 5.41) is 9.39. The zero-order valence-corrected chi connectivity index (χ0v) is 6.86. The van der Waals surface area contributed by atoms with Crippen LogP contribution in [0.5, 0.6) is 0 Å². The maximum atomic E-state index is 9.81. The molecular formula is C3H3NNaO4+. The third-order valence-electron chi connectivity index (χ3n) is 0.462. The molecule has 0 saturated heterocycles. The summed E-state index contributed by atoms with van der Waals surface area (Å²) in [7, 11) is 0. The number of amides is 1. The number of nitrogens with zero attached hydrogens (tertiary/aromatic N) is 1. The molecule has 0 aromatic heterocycles. The quantitative estimate of drug-likeness (QED) is 0.130. The molecule has 5 nitrogen and oxygen atoms in total. The van der Waals surface area contributed by atoms with Crippen LogP contribution in [0.25, 0.3) is 0 Å². The minimum atomic E-state index is -1.26. The van der Waals surface area contributed by atoms with Crippen molar-refractivity contribution >= 4 is 12.2 Å². The van der Waals surface area contributed by atoms with Crippen LogP contribution in [0.1, 0.15) is 6.42 Å². The van der Waals surface area contributed by atoms with Gasteiger partial charge in [0.25, 0.3) is 0 Å². The van der Waals surface area contributed by atoms with Crippen LogP contribution in [-0.4, -0.2) is 17.1 Å². The fourth-order valence-electron chi connectivity index (χ4n) is 0.146. The Morgan fingerprint density at radius 2 is 2.11 bits per heavy atom. The van der Waals surface area contributed by atoms with Crippen LogP contribution in [0.15, 0.2) is 0 Å². The van der Waals surface area contributed by atoms with Crippen LogP contribution in [0.2, 0.25) is 0 Å². The average molecular weight is 140 g/mol. The van der Waals surface area contributed by atoms with Crippen molar-refractivity contribution in [1.29, 1.82) is 0 Å². The Hall–Kier alpha value is -0.260. The van der Waals surface area contributed by atoms with Gasteiger partial charge in [0.1, 0.15) is 17.6 Å². The summed E-state index contributed by atoms with van der Waals surface area (Å²) in [6.45, 7) is 0. The van der Waals surface area contributed by atoms with E-state index in [1.165, 1.54) is 0 Å². The summed E-state index contributed by atoms with van der Waals surface area (Å²) < 4.78 is 0. The summed E-state index contributed by atoms with van der Waals surface area (Å²) in [6, 6.07) is 0. The van der Waals surface area contributed by atoms with Crippen molar-refractivity contribution in [2.45, 2.75) is 6.42 Å². The van der Waals surface area contributed by atoms with Crippen molar-refractivity contribution < 1.29 is 44.1 Å². The predicted molar refractivity (Wildman–Crippen MR) is 22.7 cm³/mol. The number of carbonyl (C=O) groups is 2. The number of hydrogen-bond acceptors (Lipinski definition) is 4. The van der Waals surface area contributed by atoms with Crippen molar-refractivity contribution in [1.82, 2.24) is 0 Å². The van der Waals surface area contributed by atoms with Gasteiger partial charge in [-0.2, -0.15) is 0 Å². The van der Waals surface area contributed by atoms with E-state index in [0.717, 1.165) is 0 Å². The Balaban J connectivity index is 0. The largest absolute Gasteiger partial charge is 1.00 e. The van der Waals surface area contributed by atoms with Gasteiger partial charge in [-0.25, -0.2) is 4.79 Å². The average Bonchev–Trinajstić information content (AvgIpc) is 1.67. The zero-order chi connectivity index (χ0) is 6.57. The molecule has 0 radical (unpaired) electrons. The number of nitro groups is 1. The third-order valence-corrected chi connectivity index (χ3v) is 0.462. The number of aldehydes is 1. The molecular weight excluding hydrogens is 137 g/mol. The van der Waals surface area contributed by atoms with E-state index in [4.69, 9.17) is 0 Å². The molecule has 0 atom stereocenters. The van der Waals surface area contributed by atoms with E-state index in [1.54, 1.807) is 0 Å². The number of carbonyl (C=O) groups excluding carboxylic acids is 2. The van der Waals surface area contributed by atoms with E-state index in [9.17, 15) is 19.7 Å². The van der Waals surface area contributed by atoms with E-state index in [-0.39, 0.29) is 35.8 Å². The normalized spacial score (nSPS) is 7.11. The second kappa shape index (κ2) is 5.87. The Labute approximate surface area is 72.9 Å². The first-order valence-corrected chi connectivity index (χ1v) is 1.79. The van der Waals surface area contributed by atoms with Crippen LogP contribution in [-0.2, 0) is 9.59 Å². The Morgan fingerprint density at radius 1 is 1.67 bits per heavy atom. The number of rotatable bonds is 2. The molecule has 0 aliphatic rings. The molecule has 0 aromatic rings. The molecule has 0 saturated carbocycles. The van der Waals surface area contributed by atoms with Gasteiger partial charge in [-0.15, -0.1) is 0 Å². The number of hydrogen-bond donors (Lipinski definition) is 0. The first-order chi connectivity index (χ1) is 3.68. The Kier molecular flexibility index (Phi) is 7.52. The van der Waals surface area contributed by atoms with Crippen LogP contribution in [0.4, 0.5) is 0 Å². The van der Waals surface area contributed by atoms with E-state index < -0.39 is 17.3 Å². The van der Waals surface area contributed by atoms with Crippen molar-refractivity contribution in [2.75, 3.05) is 0 Å². The molecule has 0 spiro atoms. The van der Waals surface area contributed by atoms with Crippen LogP contribution >= 0.6 is 0 Å². The molecule has 0 aliphatic heterocycles. The fourth-order valence-corrected chi connectivity index (χ4v) is 0.146. The second-order valence-corrected chi connectivity index (χ2v) is 1.02. The molecule has 0 fully saturated rings. The fraction of sp³-hybridized carbons (Fsp3) is 0.333. The molecule has 0 heterocycles. The van der Waals surface area contributed by atoms with Crippen molar-refractivity contribution in [3.05, 3.63) is 10.1 Å². The maximum absolute atomic E-state index is 9.81. The molecule has 0 rings (SSSR count). The summed E-state index contributed by atoms with van der Waals surface area (Å²) in [5.41, 5.74) is 0. The van der Waals surface area contributed by atoms with Gasteiger partial charge in [0.15, 0.2) is 0 Å². The Bertz CT molecular complexity index is 134. The maximum Gasteiger partial charge on any atom is 1.00 e. The van der Waals surface area contributed by atoms with Gasteiger partial charge in [-0.05, 0) is 0 Å². The molecule has 1 amide bonds. The summed E-state index contributed by atoms with van der Waals surface area (Å²) in [4.78, 5) is 27.5. The molecule has 0 aromatic carbocycles. The van der Waals surface area contributed by atoms with Gasteiger partial charge in [0, 0.05) is 0 Å². The van der Waals surface area contributed by atoms with Gasteiger partial charge in [0.2, 0.25) is 0 Å². The molecule has 0 bridgehead atoms.